The first-order valence-corrected chi connectivity index (χ1v) is 6.19. The number of ether oxygens (including phenoxy) is 1. The molecule has 22 heavy (non-hydrogen) atoms. The van der Waals surface area contributed by atoms with Gasteiger partial charge in [-0.1, -0.05) is 0 Å². The van der Waals surface area contributed by atoms with Crippen LogP contribution in [0.3, 0.4) is 0 Å². The minimum atomic E-state index is -4.94. The third-order valence-corrected chi connectivity index (χ3v) is 2.42. The van der Waals surface area contributed by atoms with Crippen LogP contribution < -0.4 is 0 Å². The highest BCUT2D eigenvalue weighted by atomic mass is 19.4. The highest BCUT2D eigenvalue weighted by Crippen LogP contribution is 2.36. The molecule has 0 aliphatic heterocycles. The first-order chi connectivity index (χ1) is 9.68. The summed E-state index contributed by atoms with van der Waals surface area (Å²) in [5, 5.41) is 0. The van der Waals surface area contributed by atoms with E-state index in [9.17, 15) is 31.1 Å². The fourth-order valence-corrected chi connectivity index (χ4v) is 1.67. The Morgan fingerprint density at radius 1 is 0.909 bits per heavy atom. The van der Waals surface area contributed by atoms with Crippen molar-refractivity contribution < 1.29 is 35.9 Å². The maximum absolute atomic E-state index is 12.7. The molecule has 0 N–H and O–H groups in total. The van der Waals surface area contributed by atoms with Gasteiger partial charge in [0.05, 0.1) is 17.5 Å². The van der Waals surface area contributed by atoms with Crippen LogP contribution in [0.5, 0.6) is 0 Å². The average Bonchev–Trinajstić information content (AvgIpc) is 2.23. The second-order valence-electron chi connectivity index (χ2n) is 5.68. The van der Waals surface area contributed by atoms with E-state index in [4.69, 9.17) is 4.74 Å². The standard InChI is InChI=1S/C14H14F6O2/c1-12(2,3)22-11(21)6-8-4-9(13(15,16)17)7-10(5-8)14(18,19)20/h4-5,7H,6H2,1-3H3. The van der Waals surface area contributed by atoms with Gasteiger partial charge in [0.25, 0.3) is 0 Å². The molecule has 0 fully saturated rings. The minimum Gasteiger partial charge on any atom is -0.460 e. The van der Waals surface area contributed by atoms with E-state index < -0.39 is 47.0 Å². The van der Waals surface area contributed by atoms with Crippen molar-refractivity contribution in [1.82, 2.24) is 0 Å². The summed E-state index contributed by atoms with van der Waals surface area (Å²) in [6.07, 6.45) is -10.6. The second-order valence-corrected chi connectivity index (χ2v) is 5.68. The van der Waals surface area contributed by atoms with Crippen LogP contribution in [0.1, 0.15) is 37.5 Å². The largest absolute Gasteiger partial charge is 0.460 e. The van der Waals surface area contributed by atoms with E-state index in [0.717, 1.165) is 0 Å². The van der Waals surface area contributed by atoms with Crippen LogP contribution in [0.25, 0.3) is 0 Å². The summed E-state index contributed by atoms with van der Waals surface area (Å²) in [5.74, 6) is -0.903. The molecule has 0 heterocycles. The zero-order valence-electron chi connectivity index (χ0n) is 12.0. The summed E-state index contributed by atoms with van der Waals surface area (Å²) in [5.41, 5.74) is -4.20. The predicted octanol–water partition coefficient (Wildman–Crippen LogP) is 4.61. The molecular formula is C14H14F6O2. The number of halogens is 6. The lowest BCUT2D eigenvalue weighted by Gasteiger charge is -2.20. The van der Waals surface area contributed by atoms with E-state index in [2.05, 4.69) is 0 Å². The number of alkyl halides is 6. The Morgan fingerprint density at radius 3 is 1.64 bits per heavy atom. The molecule has 0 aliphatic carbocycles. The van der Waals surface area contributed by atoms with Gasteiger partial charge in [-0.2, -0.15) is 26.3 Å². The minimum absolute atomic E-state index is 0.0125. The summed E-state index contributed by atoms with van der Waals surface area (Å²) < 4.78 is 80.9. The SMILES string of the molecule is CC(C)(C)OC(=O)Cc1cc(C(F)(F)F)cc(C(F)(F)F)c1. The fraction of sp³-hybridized carbons (Fsp3) is 0.500. The maximum atomic E-state index is 12.7. The molecule has 1 rings (SSSR count). The number of hydrogen-bond acceptors (Lipinski definition) is 2. The van der Waals surface area contributed by atoms with Crippen LogP contribution in [0.4, 0.5) is 26.3 Å². The quantitative estimate of drug-likeness (QED) is 0.585. The Labute approximate surface area is 123 Å². The summed E-state index contributed by atoms with van der Waals surface area (Å²) in [6, 6.07) is 1.04. The van der Waals surface area contributed by atoms with Gasteiger partial charge >= 0.3 is 18.3 Å². The number of benzene rings is 1. The molecule has 1 aromatic rings. The van der Waals surface area contributed by atoms with E-state index in [-0.39, 0.29) is 6.07 Å². The van der Waals surface area contributed by atoms with Gasteiger partial charge in [-0.15, -0.1) is 0 Å². The molecule has 8 heteroatoms. The van der Waals surface area contributed by atoms with Gasteiger partial charge < -0.3 is 4.74 Å². The number of esters is 1. The van der Waals surface area contributed by atoms with E-state index in [1.807, 2.05) is 0 Å². The van der Waals surface area contributed by atoms with Crippen LogP contribution in [0.2, 0.25) is 0 Å². The van der Waals surface area contributed by atoms with Crippen LogP contribution in [-0.4, -0.2) is 11.6 Å². The lowest BCUT2D eigenvalue weighted by Crippen LogP contribution is -2.25. The van der Waals surface area contributed by atoms with Gasteiger partial charge in [-0.25, -0.2) is 0 Å². The van der Waals surface area contributed by atoms with Gasteiger partial charge in [-0.3, -0.25) is 4.79 Å². The Kier molecular flexibility index (Phi) is 4.84. The zero-order chi connectivity index (χ0) is 17.3. The lowest BCUT2D eigenvalue weighted by molar-refractivity contribution is -0.154. The highest BCUT2D eigenvalue weighted by molar-refractivity contribution is 5.73. The molecule has 0 aromatic heterocycles. The molecule has 1 aromatic carbocycles. The summed E-state index contributed by atoms with van der Waals surface area (Å²) in [7, 11) is 0. The van der Waals surface area contributed by atoms with Gasteiger partial charge in [-0.05, 0) is 44.5 Å². The molecule has 0 saturated heterocycles. The number of hydrogen-bond donors (Lipinski definition) is 0. The Bertz CT molecular complexity index is 520. The zero-order valence-corrected chi connectivity index (χ0v) is 12.0. The van der Waals surface area contributed by atoms with Crippen LogP contribution in [0, 0.1) is 0 Å². The van der Waals surface area contributed by atoms with E-state index >= 15 is 0 Å². The van der Waals surface area contributed by atoms with E-state index in [1.165, 1.54) is 20.8 Å². The smallest absolute Gasteiger partial charge is 0.416 e. The molecule has 0 saturated carbocycles. The van der Waals surface area contributed by atoms with Crippen molar-refractivity contribution in [3.05, 3.63) is 34.9 Å². The van der Waals surface area contributed by atoms with Crippen molar-refractivity contribution in [2.24, 2.45) is 0 Å². The first-order valence-electron chi connectivity index (χ1n) is 6.19. The van der Waals surface area contributed by atoms with Gasteiger partial charge in [0.15, 0.2) is 0 Å². The molecule has 0 radical (unpaired) electrons. The molecule has 0 spiro atoms. The second kappa shape index (κ2) is 5.81. The molecular weight excluding hydrogens is 314 g/mol. The van der Waals surface area contributed by atoms with E-state index in [1.54, 1.807) is 0 Å². The third-order valence-electron chi connectivity index (χ3n) is 2.42. The van der Waals surface area contributed by atoms with Gasteiger partial charge in [0, 0.05) is 0 Å². The Morgan fingerprint density at radius 2 is 1.32 bits per heavy atom. The Hall–Kier alpha value is -1.73. The lowest BCUT2D eigenvalue weighted by atomic mass is 10.0. The molecule has 0 aliphatic rings. The van der Waals surface area contributed by atoms with E-state index in [0.29, 0.717) is 12.1 Å². The Balaban J connectivity index is 3.17. The number of carbonyl (C=O) groups is 1. The molecule has 0 bridgehead atoms. The molecule has 0 atom stereocenters. The molecule has 124 valence electrons. The topological polar surface area (TPSA) is 26.3 Å². The van der Waals surface area contributed by atoms with Crippen LogP contribution in [-0.2, 0) is 28.3 Å². The number of rotatable bonds is 2. The van der Waals surface area contributed by atoms with Crippen LogP contribution >= 0.6 is 0 Å². The fourth-order valence-electron chi connectivity index (χ4n) is 1.67. The highest BCUT2D eigenvalue weighted by Gasteiger charge is 2.37. The number of carbonyl (C=O) groups excluding carboxylic acids is 1. The van der Waals surface area contributed by atoms with Crippen molar-refractivity contribution in [3.63, 3.8) is 0 Å². The summed E-state index contributed by atoms with van der Waals surface area (Å²) >= 11 is 0. The van der Waals surface area contributed by atoms with Crippen molar-refractivity contribution in [2.45, 2.75) is 45.1 Å². The predicted molar refractivity (Wildman–Crippen MR) is 66.0 cm³/mol. The molecule has 2 nitrogen and oxygen atoms in total. The average molecular weight is 328 g/mol. The maximum Gasteiger partial charge on any atom is 0.416 e. The van der Waals surface area contributed by atoms with Crippen molar-refractivity contribution in [2.75, 3.05) is 0 Å². The van der Waals surface area contributed by atoms with Crippen molar-refractivity contribution in [1.29, 1.82) is 0 Å². The summed E-state index contributed by atoms with van der Waals surface area (Å²) in [4.78, 5) is 11.6. The first kappa shape index (κ1) is 18.3. The molecule has 0 unspecified atom stereocenters. The van der Waals surface area contributed by atoms with Crippen molar-refractivity contribution in [3.8, 4) is 0 Å². The summed E-state index contributed by atoms with van der Waals surface area (Å²) in [6.45, 7) is 4.62. The van der Waals surface area contributed by atoms with Gasteiger partial charge in [0.1, 0.15) is 5.60 Å². The van der Waals surface area contributed by atoms with Crippen LogP contribution in [0.15, 0.2) is 18.2 Å². The van der Waals surface area contributed by atoms with Gasteiger partial charge in [0.2, 0.25) is 0 Å². The normalized spacial score (nSPS) is 13.1. The third kappa shape index (κ3) is 5.57. The molecule has 0 amide bonds. The van der Waals surface area contributed by atoms with Crippen molar-refractivity contribution >= 4 is 5.97 Å². The monoisotopic (exact) mass is 328 g/mol.